The minimum absolute atomic E-state index is 0.401. The normalized spacial score (nSPS) is 30.6. The van der Waals surface area contributed by atoms with Gasteiger partial charge in [0.15, 0.2) is 0 Å². The van der Waals surface area contributed by atoms with Crippen molar-refractivity contribution in [3.8, 4) is 0 Å². The van der Waals surface area contributed by atoms with Crippen molar-refractivity contribution in [2.75, 3.05) is 19.6 Å². The van der Waals surface area contributed by atoms with E-state index in [0.717, 1.165) is 9.75 Å². The molecule has 4 heteroatoms. The van der Waals surface area contributed by atoms with E-state index in [1.54, 1.807) is 22.7 Å². The first-order valence-corrected chi connectivity index (χ1v) is 9.06. The lowest BCUT2D eigenvalue weighted by molar-refractivity contribution is 0.0819. The van der Waals surface area contributed by atoms with Crippen LogP contribution in [0.5, 0.6) is 0 Å². The average Bonchev–Trinajstić information content (AvgIpc) is 3.20. The molecule has 20 heavy (non-hydrogen) atoms. The number of fused-ring (bicyclic) bond motifs is 3. The number of aliphatic hydroxyl groups is 1. The predicted molar refractivity (Wildman–Crippen MR) is 84.7 cm³/mol. The van der Waals surface area contributed by atoms with Crippen molar-refractivity contribution in [1.82, 2.24) is 4.90 Å². The van der Waals surface area contributed by atoms with Crippen LogP contribution >= 0.6 is 22.7 Å². The first kappa shape index (κ1) is 13.0. The molecule has 3 aliphatic rings. The Morgan fingerprint density at radius 2 is 1.85 bits per heavy atom. The van der Waals surface area contributed by atoms with E-state index in [9.17, 15) is 5.11 Å². The average molecular weight is 305 g/mol. The highest BCUT2D eigenvalue weighted by Gasteiger charge is 2.41. The fourth-order valence-electron chi connectivity index (χ4n) is 3.62. The first-order valence-electron chi connectivity index (χ1n) is 7.30. The van der Waals surface area contributed by atoms with Gasteiger partial charge in [0, 0.05) is 9.75 Å². The number of piperidine rings is 3. The third kappa shape index (κ3) is 2.06. The molecule has 2 nitrogen and oxygen atoms in total. The van der Waals surface area contributed by atoms with E-state index in [1.807, 2.05) is 17.5 Å². The fraction of sp³-hybridized carbons (Fsp3) is 0.500. The molecule has 2 aromatic heterocycles. The fourth-order valence-corrected chi connectivity index (χ4v) is 5.46. The smallest absolute Gasteiger partial charge is 0.122 e. The highest BCUT2D eigenvalue weighted by Crippen LogP contribution is 2.45. The second-order valence-corrected chi connectivity index (χ2v) is 7.95. The minimum Gasteiger partial charge on any atom is -0.382 e. The molecule has 3 saturated heterocycles. The number of aliphatic hydroxyl groups excluding tert-OH is 1. The van der Waals surface area contributed by atoms with E-state index < -0.39 is 6.10 Å². The highest BCUT2D eigenvalue weighted by molar-refractivity contribution is 7.11. The molecule has 0 saturated carbocycles. The van der Waals surface area contributed by atoms with Gasteiger partial charge in [-0.1, -0.05) is 6.07 Å². The monoisotopic (exact) mass is 305 g/mol. The Balaban J connectivity index is 1.62. The maximum atomic E-state index is 10.5. The highest BCUT2D eigenvalue weighted by atomic mass is 32.1. The van der Waals surface area contributed by atoms with Gasteiger partial charge < -0.3 is 10.0 Å². The Hall–Kier alpha value is -0.680. The van der Waals surface area contributed by atoms with Crippen LogP contribution in [0, 0.1) is 0 Å². The van der Waals surface area contributed by atoms with Crippen LogP contribution in [0.25, 0.3) is 0 Å². The van der Waals surface area contributed by atoms with E-state index in [0.29, 0.717) is 5.41 Å². The van der Waals surface area contributed by atoms with Gasteiger partial charge in [-0.05, 0) is 72.8 Å². The van der Waals surface area contributed by atoms with Crippen molar-refractivity contribution < 1.29 is 5.11 Å². The zero-order valence-electron chi connectivity index (χ0n) is 11.4. The lowest BCUT2D eigenvalue weighted by Gasteiger charge is -2.48. The van der Waals surface area contributed by atoms with Gasteiger partial charge in [-0.15, -0.1) is 22.7 Å². The molecule has 2 aromatic rings. The summed E-state index contributed by atoms with van der Waals surface area (Å²) in [6.07, 6.45) is 3.43. The largest absolute Gasteiger partial charge is 0.382 e. The molecule has 1 N–H and O–H groups in total. The van der Waals surface area contributed by atoms with Gasteiger partial charge in [-0.3, -0.25) is 0 Å². The maximum absolute atomic E-state index is 10.5. The second-order valence-electron chi connectivity index (χ2n) is 6.03. The Kier molecular flexibility index (Phi) is 3.22. The number of thiophene rings is 2. The summed E-state index contributed by atoms with van der Waals surface area (Å²) in [4.78, 5) is 4.73. The van der Waals surface area contributed by atoms with Crippen molar-refractivity contribution in [1.29, 1.82) is 0 Å². The molecule has 0 spiro atoms. The molecule has 1 unspecified atom stereocenters. The van der Waals surface area contributed by atoms with Crippen LogP contribution < -0.4 is 0 Å². The molecule has 2 bridgehead atoms. The van der Waals surface area contributed by atoms with Crippen molar-refractivity contribution >= 4 is 22.7 Å². The molecule has 0 aliphatic carbocycles. The van der Waals surface area contributed by atoms with E-state index in [2.05, 4.69) is 16.3 Å². The molecule has 0 aromatic carbocycles. The lowest BCUT2D eigenvalue weighted by Crippen LogP contribution is -2.50. The van der Waals surface area contributed by atoms with Crippen molar-refractivity contribution in [3.05, 3.63) is 44.3 Å². The van der Waals surface area contributed by atoms with Gasteiger partial charge in [-0.2, -0.15) is 0 Å². The summed E-state index contributed by atoms with van der Waals surface area (Å²) in [6.45, 7) is 3.75. The summed E-state index contributed by atoms with van der Waals surface area (Å²) < 4.78 is 0. The molecule has 3 fully saturated rings. The maximum Gasteiger partial charge on any atom is 0.122 e. The number of hydrogen-bond donors (Lipinski definition) is 1. The third-order valence-corrected chi connectivity index (χ3v) is 6.94. The molecule has 1 atom stereocenters. The Morgan fingerprint density at radius 3 is 2.50 bits per heavy atom. The van der Waals surface area contributed by atoms with Crippen LogP contribution in [-0.4, -0.2) is 29.6 Å². The van der Waals surface area contributed by atoms with E-state index >= 15 is 0 Å². The lowest BCUT2D eigenvalue weighted by atomic mass is 9.68. The standard InChI is InChI=1S/C16H19NOS2/c18-15(13-2-1-9-19-13)14-10-12(11-20-14)16-3-6-17(7-4-16)8-5-16/h1-2,9-11,15,18H,3-8H2. The predicted octanol–water partition coefficient (Wildman–Crippen LogP) is 3.63. The summed E-state index contributed by atoms with van der Waals surface area (Å²) in [6, 6.07) is 6.30. The van der Waals surface area contributed by atoms with Crippen molar-refractivity contribution in [2.24, 2.45) is 0 Å². The zero-order valence-corrected chi connectivity index (χ0v) is 13.1. The molecule has 3 aliphatic heterocycles. The molecular weight excluding hydrogens is 286 g/mol. The molecular formula is C16H19NOS2. The summed E-state index contributed by atoms with van der Waals surface area (Å²) >= 11 is 3.36. The molecule has 106 valence electrons. The molecule has 0 radical (unpaired) electrons. The quantitative estimate of drug-likeness (QED) is 0.936. The Bertz CT molecular complexity index is 568. The summed E-state index contributed by atoms with van der Waals surface area (Å²) in [7, 11) is 0. The topological polar surface area (TPSA) is 23.5 Å². The van der Waals surface area contributed by atoms with Crippen LogP contribution in [0.1, 0.15) is 40.7 Å². The van der Waals surface area contributed by atoms with Crippen LogP contribution in [0.15, 0.2) is 29.0 Å². The molecule has 0 amide bonds. The van der Waals surface area contributed by atoms with E-state index in [1.165, 1.54) is 44.5 Å². The zero-order chi connectivity index (χ0) is 13.6. The molecule has 5 rings (SSSR count). The Labute approximate surface area is 127 Å². The molecule has 5 heterocycles. The summed E-state index contributed by atoms with van der Waals surface area (Å²) in [5.74, 6) is 0. The van der Waals surface area contributed by atoms with Gasteiger partial charge in [-0.25, -0.2) is 0 Å². The number of hydrogen-bond acceptors (Lipinski definition) is 4. The SMILES string of the molecule is OC(c1cccs1)c1cc(C23CCN(CC2)CC3)cs1. The van der Waals surface area contributed by atoms with Gasteiger partial charge in [0.1, 0.15) is 6.10 Å². The first-order chi connectivity index (χ1) is 9.77. The summed E-state index contributed by atoms with van der Waals surface area (Å²) in [5, 5.41) is 14.8. The van der Waals surface area contributed by atoms with Crippen LogP contribution in [0.4, 0.5) is 0 Å². The van der Waals surface area contributed by atoms with Crippen molar-refractivity contribution in [3.63, 3.8) is 0 Å². The van der Waals surface area contributed by atoms with E-state index in [4.69, 9.17) is 0 Å². The van der Waals surface area contributed by atoms with Gasteiger partial charge in [0.25, 0.3) is 0 Å². The van der Waals surface area contributed by atoms with Crippen LogP contribution in [-0.2, 0) is 5.41 Å². The van der Waals surface area contributed by atoms with Crippen LogP contribution in [0.3, 0.4) is 0 Å². The van der Waals surface area contributed by atoms with Crippen LogP contribution in [0.2, 0.25) is 0 Å². The number of nitrogens with zero attached hydrogens (tertiary/aromatic N) is 1. The van der Waals surface area contributed by atoms with Gasteiger partial charge in [0.2, 0.25) is 0 Å². The Morgan fingerprint density at radius 1 is 1.10 bits per heavy atom. The second kappa shape index (κ2) is 4.95. The van der Waals surface area contributed by atoms with Gasteiger partial charge in [0.05, 0.1) is 0 Å². The van der Waals surface area contributed by atoms with Gasteiger partial charge >= 0.3 is 0 Å². The number of rotatable bonds is 3. The third-order valence-electron chi connectivity index (χ3n) is 5.03. The minimum atomic E-state index is -0.436. The summed E-state index contributed by atoms with van der Waals surface area (Å²) in [5.41, 5.74) is 1.88. The van der Waals surface area contributed by atoms with E-state index in [-0.39, 0.29) is 0 Å². The van der Waals surface area contributed by atoms with Crippen molar-refractivity contribution in [2.45, 2.75) is 30.8 Å².